The second-order valence-electron chi connectivity index (χ2n) is 13.2. The van der Waals surface area contributed by atoms with Crippen LogP contribution in [0.2, 0.25) is 0 Å². The third kappa shape index (κ3) is 10.8. The van der Waals surface area contributed by atoms with Crippen molar-refractivity contribution in [3.05, 3.63) is 89.5 Å². The molecule has 0 bridgehead atoms. The van der Waals surface area contributed by atoms with Crippen LogP contribution in [0.4, 0.5) is 10.5 Å². The molecule has 2 saturated heterocycles. The molecular weight excluding hydrogens is 652 g/mol. The fourth-order valence-electron chi connectivity index (χ4n) is 6.64. The lowest BCUT2D eigenvalue weighted by Gasteiger charge is -2.43. The maximum absolute atomic E-state index is 13.6. The van der Waals surface area contributed by atoms with Crippen LogP contribution in [0.5, 0.6) is 11.5 Å². The molecule has 2 fully saturated rings. The number of anilines is 1. The number of piperidine rings is 1. The van der Waals surface area contributed by atoms with Gasteiger partial charge in [-0.3, -0.25) is 0 Å². The largest absolute Gasteiger partial charge is 0.494 e. The number of nitrogens with zero attached hydrogens (tertiary/aromatic N) is 2. The van der Waals surface area contributed by atoms with Gasteiger partial charge in [-0.15, -0.1) is 0 Å². The first-order chi connectivity index (χ1) is 25.1. The van der Waals surface area contributed by atoms with Gasteiger partial charge in [0.2, 0.25) is 0 Å². The maximum atomic E-state index is 13.6. The molecule has 51 heavy (non-hydrogen) atoms. The zero-order valence-electron chi connectivity index (χ0n) is 29.9. The molecule has 4 atom stereocenters. The Balaban J connectivity index is 1.20. The van der Waals surface area contributed by atoms with Gasteiger partial charge < -0.3 is 47.7 Å². The number of hydrogen-bond donors (Lipinski definition) is 0. The SMILES string of the molecule is COCCCCOc1ccc([C@@H]2[C@@H](OCc3ccc4c(c3)N(CCCOC)CCO4)CN(C(=O)OCc3ccccc3)C[C@H]2OC[C@H]2CO2)cc1. The van der Waals surface area contributed by atoms with Crippen LogP contribution in [0.25, 0.3) is 0 Å². The average molecular weight is 705 g/mol. The van der Waals surface area contributed by atoms with Crippen LogP contribution in [0.1, 0.15) is 41.9 Å². The molecule has 0 aliphatic carbocycles. The second kappa shape index (κ2) is 19.1. The fraction of sp³-hybridized carbons (Fsp3) is 0.525. The topological polar surface area (TPSA) is 101 Å². The number of amides is 1. The highest BCUT2D eigenvalue weighted by Gasteiger charge is 2.42. The minimum atomic E-state index is -0.392. The van der Waals surface area contributed by atoms with Gasteiger partial charge in [-0.05, 0) is 60.2 Å². The first-order valence-corrected chi connectivity index (χ1v) is 18.1. The standard InChI is InChI=1S/C40H52N2O9/c1-44-19-6-7-21-46-33-14-12-32(13-15-33)39-37(49-27-31-11-16-36-35(23-31)41(18-22-47-36)17-8-20-45-2)24-42(25-38(39)50-29-34-28-48-34)40(43)51-26-30-9-4-3-5-10-30/h3-5,9-16,23,34,37-39H,6-8,17-22,24-29H2,1-2H3/t34-,37+,38-,39-/m1/s1. The van der Waals surface area contributed by atoms with E-state index in [9.17, 15) is 4.79 Å². The number of methoxy groups -OCH3 is 2. The van der Waals surface area contributed by atoms with E-state index in [0.29, 0.717) is 52.7 Å². The Labute approximate surface area is 301 Å². The van der Waals surface area contributed by atoms with Crippen LogP contribution < -0.4 is 14.4 Å². The van der Waals surface area contributed by atoms with Crippen molar-refractivity contribution in [2.24, 2.45) is 0 Å². The lowest BCUT2D eigenvalue weighted by atomic mass is 9.84. The van der Waals surface area contributed by atoms with Crippen LogP contribution in [0.15, 0.2) is 72.8 Å². The average Bonchev–Trinajstić information content (AvgIpc) is 4.01. The molecule has 0 saturated carbocycles. The molecule has 3 aliphatic heterocycles. The van der Waals surface area contributed by atoms with Crippen molar-refractivity contribution in [3.63, 3.8) is 0 Å². The zero-order valence-corrected chi connectivity index (χ0v) is 29.9. The number of ether oxygens (including phenoxy) is 8. The summed E-state index contributed by atoms with van der Waals surface area (Å²) in [6.07, 6.45) is 1.77. The number of rotatable bonds is 19. The van der Waals surface area contributed by atoms with E-state index in [4.69, 9.17) is 37.9 Å². The van der Waals surface area contributed by atoms with Gasteiger partial charge in [0.05, 0.1) is 64.0 Å². The van der Waals surface area contributed by atoms with Gasteiger partial charge in [0.15, 0.2) is 0 Å². The third-order valence-electron chi connectivity index (χ3n) is 9.46. The fourth-order valence-corrected chi connectivity index (χ4v) is 6.64. The highest BCUT2D eigenvalue weighted by Crippen LogP contribution is 2.37. The van der Waals surface area contributed by atoms with Crippen molar-refractivity contribution in [3.8, 4) is 11.5 Å². The molecule has 6 rings (SSSR count). The van der Waals surface area contributed by atoms with E-state index in [1.807, 2.05) is 48.5 Å². The van der Waals surface area contributed by atoms with E-state index in [1.54, 1.807) is 19.1 Å². The van der Waals surface area contributed by atoms with Crippen molar-refractivity contribution in [2.75, 3.05) is 84.9 Å². The van der Waals surface area contributed by atoms with Crippen LogP contribution in [0.3, 0.4) is 0 Å². The minimum Gasteiger partial charge on any atom is -0.494 e. The van der Waals surface area contributed by atoms with Crippen molar-refractivity contribution >= 4 is 11.8 Å². The highest BCUT2D eigenvalue weighted by molar-refractivity contribution is 5.68. The summed E-state index contributed by atoms with van der Waals surface area (Å²) < 4.78 is 47.1. The van der Waals surface area contributed by atoms with E-state index in [2.05, 4.69) is 29.2 Å². The third-order valence-corrected chi connectivity index (χ3v) is 9.46. The molecule has 3 aliphatic rings. The van der Waals surface area contributed by atoms with Crippen LogP contribution in [0, 0.1) is 0 Å². The Morgan fingerprint density at radius 3 is 2.33 bits per heavy atom. The molecule has 3 heterocycles. The van der Waals surface area contributed by atoms with Crippen molar-refractivity contribution < 1.29 is 42.7 Å². The summed E-state index contributed by atoms with van der Waals surface area (Å²) in [5, 5.41) is 0. The monoisotopic (exact) mass is 704 g/mol. The van der Waals surface area contributed by atoms with E-state index < -0.39 is 6.09 Å². The number of hydrogen-bond acceptors (Lipinski definition) is 10. The molecule has 0 aromatic heterocycles. The number of fused-ring (bicyclic) bond motifs is 1. The van der Waals surface area contributed by atoms with Crippen molar-refractivity contribution in [1.82, 2.24) is 4.90 Å². The predicted octanol–water partition coefficient (Wildman–Crippen LogP) is 5.83. The van der Waals surface area contributed by atoms with Gasteiger partial charge in [-0.1, -0.05) is 48.5 Å². The van der Waals surface area contributed by atoms with E-state index in [0.717, 1.165) is 72.8 Å². The van der Waals surface area contributed by atoms with E-state index in [-0.39, 0.29) is 30.8 Å². The number of likely N-dealkylation sites (tertiary alicyclic amines) is 1. The van der Waals surface area contributed by atoms with E-state index in [1.165, 1.54) is 0 Å². The number of carbonyl (C=O) groups excluding carboxylic acids is 1. The van der Waals surface area contributed by atoms with Gasteiger partial charge in [0.1, 0.15) is 30.8 Å². The Morgan fingerprint density at radius 2 is 1.57 bits per heavy atom. The number of unbranched alkanes of at least 4 members (excludes halogenated alkanes) is 1. The number of epoxide rings is 1. The molecule has 11 nitrogen and oxygen atoms in total. The number of carbonyl (C=O) groups is 1. The Kier molecular flexibility index (Phi) is 13.8. The van der Waals surface area contributed by atoms with Crippen LogP contribution in [-0.4, -0.2) is 109 Å². The Morgan fingerprint density at radius 1 is 0.824 bits per heavy atom. The molecule has 0 spiro atoms. The van der Waals surface area contributed by atoms with Gasteiger partial charge in [-0.25, -0.2) is 4.79 Å². The first-order valence-electron chi connectivity index (χ1n) is 18.1. The summed E-state index contributed by atoms with van der Waals surface area (Å²) >= 11 is 0. The maximum Gasteiger partial charge on any atom is 0.410 e. The van der Waals surface area contributed by atoms with E-state index >= 15 is 0 Å². The Hall–Kier alpha value is -3.87. The van der Waals surface area contributed by atoms with Crippen molar-refractivity contribution in [1.29, 1.82) is 0 Å². The zero-order chi connectivity index (χ0) is 35.3. The second-order valence-corrected chi connectivity index (χ2v) is 13.2. The summed E-state index contributed by atoms with van der Waals surface area (Å²) in [5.41, 5.74) is 4.09. The molecule has 276 valence electrons. The van der Waals surface area contributed by atoms with Gasteiger partial charge in [0.25, 0.3) is 0 Å². The van der Waals surface area contributed by atoms with Gasteiger partial charge in [0, 0.05) is 39.9 Å². The molecule has 0 radical (unpaired) electrons. The summed E-state index contributed by atoms with van der Waals surface area (Å²) in [6.45, 7) is 6.82. The van der Waals surface area contributed by atoms with Gasteiger partial charge >= 0.3 is 6.09 Å². The van der Waals surface area contributed by atoms with Crippen molar-refractivity contribution in [2.45, 2.75) is 56.7 Å². The minimum absolute atomic E-state index is 0.0730. The molecule has 0 N–H and O–H groups in total. The molecule has 0 unspecified atom stereocenters. The summed E-state index contributed by atoms with van der Waals surface area (Å²) in [5.74, 6) is 1.54. The normalized spacial score (nSPS) is 21.1. The van der Waals surface area contributed by atoms with Crippen LogP contribution >= 0.6 is 0 Å². The molecule has 1 amide bonds. The summed E-state index contributed by atoms with van der Waals surface area (Å²) in [4.78, 5) is 17.6. The predicted molar refractivity (Wildman–Crippen MR) is 193 cm³/mol. The van der Waals surface area contributed by atoms with Gasteiger partial charge in [-0.2, -0.15) is 0 Å². The highest BCUT2D eigenvalue weighted by atomic mass is 16.6. The van der Waals surface area contributed by atoms with Crippen LogP contribution in [-0.2, 0) is 41.6 Å². The smallest absolute Gasteiger partial charge is 0.410 e. The molecule has 3 aromatic rings. The quantitative estimate of drug-likeness (QED) is 0.112. The molecular formula is C40H52N2O9. The number of benzene rings is 3. The lowest BCUT2D eigenvalue weighted by molar-refractivity contribution is -0.0934. The first kappa shape index (κ1) is 36.9. The Bertz CT molecular complexity index is 1490. The summed E-state index contributed by atoms with van der Waals surface area (Å²) in [6, 6.07) is 24.1. The molecule has 3 aromatic carbocycles. The summed E-state index contributed by atoms with van der Waals surface area (Å²) in [7, 11) is 3.44. The molecule has 11 heteroatoms. The lowest BCUT2D eigenvalue weighted by Crippen LogP contribution is -2.54.